The number of carbonyl (C=O) groups excluding carboxylic acids is 1. The first-order valence-electron chi connectivity index (χ1n) is 8.61. The summed E-state index contributed by atoms with van der Waals surface area (Å²) in [5.41, 5.74) is -0.470. The average molecular weight is 322 g/mol. The fourth-order valence-electron chi connectivity index (χ4n) is 3.17. The second-order valence-electron chi connectivity index (χ2n) is 7.44. The van der Waals surface area contributed by atoms with Gasteiger partial charge in [-0.15, -0.1) is 0 Å². The van der Waals surface area contributed by atoms with Gasteiger partial charge in [-0.3, -0.25) is 0 Å². The highest BCUT2D eigenvalue weighted by atomic mass is 16.6. The Hall–Kier alpha value is -1.49. The molecule has 0 spiro atoms. The van der Waals surface area contributed by atoms with E-state index in [0.29, 0.717) is 12.5 Å². The molecule has 2 N–H and O–H groups in total. The van der Waals surface area contributed by atoms with Crippen LogP contribution in [0.2, 0.25) is 0 Å². The topological polar surface area (TPSA) is 63.5 Å². The molecule has 130 valence electrons. The first kappa shape index (κ1) is 17.9. The van der Waals surface area contributed by atoms with Crippen molar-refractivity contribution in [2.24, 2.45) is 5.92 Å². The Morgan fingerprint density at radius 3 is 2.65 bits per heavy atom. The molecule has 5 nitrogen and oxygen atoms in total. The van der Waals surface area contributed by atoms with Crippen LogP contribution in [0.5, 0.6) is 0 Å². The molecule has 0 bridgehead atoms. The molecule has 1 aromatic heterocycles. The summed E-state index contributed by atoms with van der Waals surface area (Å²) in [6.45, 7) is 8.29. The van der Waals surface area contributed by atoms with Gasteiger partial charge in [0, 0.05) is 12.6 Å². The first-order valence-corrected chi connectivity index (χ1v) is 8.61. The van der Waals surface area contributed by atoms with Gasteiger partial charge in [0.25, 0.3) is 0 Å². The van der Waals surface area contributed by atoms with Crippen LogP contribution in [0.3, 0.4) is 0 Å². The molecule has 0 radical (unpaired) electrons. The van der Waals surface area contributed by atoms with E-state index in [1.165, 1.54) is 25.7 Å². The molecule has 23 heavy (non-hydrogen) atoms. The van der Waals surface area contributed by atoms with Crippen LogP contribution in [-0.2, 0) is 4.74 Å². The normalized spacial score (nSPS) is 18.6. The largest absolute Gasteiger partial charge is 0.468 e. The summed E-state index contributed by atoms with van der Waals surface area (Å²) < 4.78 is 10.8. The van der Waals surface area contributed by atoms with Gasteiger partial charge in [-0.05, 0) is 58.6 Å². The SMILES string of the molecule is CC(NC(CNC(=O)OC(C)(C)C)C1CCCC1)c1ccco1. The number of furan rings is 1. The molecule has 1 aromatic rings. The van der Waals surface area contributed by atoms with Gasteiger partial charge in [0.05, 0.1) is 12.3 Å². The number of hydrogen-bond acceptors (Lipinski definition) is 4. The Morgan fingerprint density at radius 1 is 1.39 bits per heavy atom. The number of alkyl carbamates (subject to hydrolysis) is 1. The van der Waals surface area contributed by atoms with Crippen molar-refractivity contribution >= 4 is 6.09 Å². The van der Waals surface area contributed by atoms with E-state index in [2.05, 4.69) is 17.6 Å². The lowest BCUT2D eigenvalue weighted by Crippen LogP contribution is -2.46. The van der Waals surface area contributed by atoms with Crippen molar-refractivity contribution in [3.05, 3.63) is 24.2 Å². The van der Waals surface area contributed by atoms with Crippen LogP contribution in [-0.4, -0.2) is 24.3 Å². The van der Waals surface area contributed by atoms with Gasteiger partial charge in [-0.25, -0.2) is 4.79 Å². The fraction of sp³-hybridized carbons (Fsp3) is 0.722. The number of ether oxygens (including phenoxy) is 1. The van der Waals surface area contributed by atoms with Gasteiger partial charge in [-0.1, -0.05) is 12.8 Å². The van der Waals surface area contributed by atoms with Gasteiger partial charge >= 0.3 is 6.09 Å². The molecule has 1 heterocycles. The van der Waals surface area contributed by atoms with E-state index in [0.717, 1.165) is 5.76 Å². The van der Waals surface area contributed by atoms with Crippen LogP contribution < -0.4 is 10.6 Å². The zero-order valence-corrected chi connectivity index (χ0v) is 14.7. The molecule has 1 amide bonds. The van der Waals surface area contributed by atoms with Gasteiger partial charge in [0.15, 0.2) is 0 Å². The molecule has 5 heteroatoms. The predicted molar refractivity (Wildman–Crippen MR) is 90.2 cm³/mol. The maximum atomic E-state index is 11.9. The molecule has 1 saturated carbocycles. The third kappa shape index (κ3) is 5.90. The van der Waals surface area contributed by atoms with E-state index >= 15 is 0 Å². The summed E-state index contributed by atoms with van der Waals surface area (Å²) in [4.78, 5) is 11.9. The molecule has 1 aliphatic rings. The Kier molecular flexibility index (Phi) is 6.10. The lowest BCUT2D eigenvalue weighted by atomic mass is 9.97. The lowest BCUT2D eigenvalue weighted by molar-refractivity contribution is 0.0517. The fourth-order valence-corrected chi connectivity index (χ4v) is 3.17. The first-order chi connectivity index (χ1) is 10.8. The molecule has 2 rings (SSSR count). The van der Waals surface area contributed by atoms with Crippen LogP contribution >= 0.6 is 0 Å². The van der Waals surface area contributed by atoms with E-state index in [9.17, 15) is 4.79 Å². The highest BCUT2D eigenvalue weighted by molar-refractivity contribution is 5.67. The molecule has 1 aliphatic carbocycles. The average Bonchev–Trinajstić information content (AvgIpc) is 3.13. The Bertz CT molecular complexity index is 473. The molecular formula is C18H30N2O3. The second kappa shape index (κ2) is 7.86. The maximum absolute atomic E-state index is 11.9. The third-order valence-electron chi connectivity index (χ3n) is 4.27. The highest BCUT2D eigenvalue weighted by Gasteiger charge is 2.28. The Morgan fingerprint density at radius 2 is 2.09 bits per heavy atom. The van der Waals surface area contributed by atoms with Crippen LogP contribution in [0, 0.1) is 5.92 Å². The van der Waals surface area contributed by atoms with Gasteiger partial charge in [0.2, 0.25) is 0 Å². The number of carbonyl (C=O) groups is 1. The molecule has 0 saturated heterocycles. The van der Waals surface area contributed by atoms with Crippen molar-refractivity contribution in [2.75, 3.05) is 6.54 Å². The second-order valence-corrected chi connectivity index (χ2v) is 7.44. The minimum Gasteiger partial charge on any atom is -0.468 e. The van der Waals surface area contributed by atoms with Gasteiger partial charge < -0.3 is 19.8 Å². The third-order valence-corrected chi connectivity index (χ3v) is 4.27. The summed E-state index contributed by atoms with van der Waals surface area (Å²) in [6, 6.07) is 4.22. The molecule has 0 aliphatic heterocycles. The van der Waals surface area contributed by atoms with E-state index in [4.69, 9.17) is 9.15 Å². The number of hydrogen-bond donors (Lipinski definition) is 2. The van der Waals surface area contributed by atoms with Crippen LogP contribution in [0.1, 0.15) is 65.2 Å². The smallest absolute Gasteiger partial charge is 0.407 e. The Labute approximate surface area is 139 Å². The monoisotopic (exact) mass is 322 g/mol. The highest BCUT2D eigenvalue weighted by Crippen LogP contribution is 2.29. The van der Waals surface area contributed by atoms with Crippen LogP contribution in [0.25, 0.3) is 0 Å². The molecule has 2 atom stereocenters. The lowest BCUT2D eigenvalue weighted by Gasteiger charge is -2.28. The molecule has 2 unspecified atom stereocenters. The summed E-state index contributed by atoms with van der Waals surface area (Å²) >= 11 is 0. The van der Waals surface area contributed by atoms with E-state index in [1.807, 2.05) is 32.9 Å². The van der Waals surface area contributed by atoms with Crippen molar-refractivity contribution in [2.45, 2.75) is 71.1 Å². The molecule has 1 fully saturated rings. The minimum atomic E-state index is -0.470. The standard InChI is InChI=1S/C18H30N2O3/c1-13(16-10-7-11-22-16)20-15(14-8-5-6-9-14)12-19-17(21)23-18(2,3)4/h7,10-11,13-15,20H,5-6,8-9,12H2,1-4H3,(H,19,21). The van der Waals surface area contributed by atoms with E-state index in [-0.39, 0.29) is 18.2 Å². The van der Waals surface area contributed by atoms with Gasteiger partial charge in [0.1, 0.15) is 11.4 Å². The molecule has 0 aromatic carbocycles. The summed E-state index contributed by atoms with van der Waals surface area (Å²) in [6.07, 6.45) is 6.29. The van der Waals surface area contributed by atoms with E-state index < -0.39 is 5.60 Å². The van der Waals surface area contributed by atoms with Crippen molar-refractivity contribution in [3.63, 3.8) is 0 Å². The van der Waals surface area contributed by atoms with Crippen molar-refractivity contribution in [3.8, 4) is 0 Å². The van der Waals surface area contributed by atoms with Crippen LogP contribution in [0.4, 0.5) is 4.79 Å². The predicted octanol–water partition coefficient (Wildman–Crippen LogP) is 4.01. The maximum Gasteiger partial charge on any atom is 0.407 e. The number of rotatable bonds is 6. The van der Waals surface area contributed by atoms with Crippen molar-refractivity contribution in [1.82, 2.24) is 10.6 Å². The summed E-state index contributed by atoms with van der Waals surface area (Å²) in [7, 11) is 0. The number of amides is 1. The minimum absolute atomic E-state index is 0.121. The summed E-state index contributed by atoms with van der Waals surface area (Å²) in [5, 5.41) is 6.53. The zero-order chi connectivity index (χ0) is 16.9. The van der Waals surface area contributed by atoms with Crippen molar-refractivity contribution < 1.29 is 13.9 Å². The zero-order valence-electron chi connectivity index (χ0n) is 14.7. The van der Waals surface area contributed by atoms with Gasteiger partial charge in [-0.2, -0.15) is 0 Å². The van der Waals surface area contributed by atoms with Crippen molar-refractivity contribution in [1.29, 1.82) is 0 Å². The van der Waals surface area contributed by atoms with Crippen LogP contribution in [0.15, 0.2) is 22.8 Å². The van der Waals surface area contributed by atoms with E-state index in [1.54, 1.807) is 6.26 Å². The summed E-state index contributed by atoms with van der Waals surface area (Å²) in [5.74, 6) is 1.51. The number of nitrogens with one attached hydrogen (secondary N) is 2. The Balaban J connectivity index is 1.90. The quantitative estimate of drug-likeness (QED) is 0.830. The molecular weight excluding hydrogens is 292 g/mol.